The summed E-state index contributed by atoms with van der Waals surface area (Å²) in [6, 6.07) is 20.3. The molecule has 0 spiro atoms. The lowest BCUT2D eigenvalue weighted by Crippen LogP contribution is -2.38. The molecule has 0 saturated heterocycles. The Labute approximate surface area is 204 Å². The predicted molar refractivity (Wildman–Crippen MR) is 130 cm³/mol. The Bertz CT molecular complexity index is 1380. The van der Waals surface area contributed by atoms with Gasteiger partial charge >= 0.3 is 0 Å². The van der Waals surface area contributed by atoms with Gasteiger partial charge in [0.25, 0.3) is 15.9 Å². The van der Waals surface area contributed by atoms with Crippen molar-refractivity contribution in [3.05, 3.63) is 83.4 Å². The number of amides is 1. The minimum absolute atomic E-state index is 0.0557. The van der Waals surface area contributed by atoms with E-state index in [1.54, 1.807) is 42.3 Å². The fourth-order valence-electron chi connectivity index (χ4n) is 3.92. The second kappa shape index (κ2) is 10.1. The van der Waals surface area contributed by atoms with Gasteiger partial charge in [-0.25, -0.2) is 8.42 Å². The molecule has 35 heavy (non-hydrogen) atoms. The molecule has 0 aliphatic carbocycles. The molecule has 0 saturated carbocycles. The van der Waals surface area contributed by atoms with Gasteiger partial charge < -0.3 is 14.4 Å². The van der Waals surface area contributed by atoms with Crippen molar-refractivity contribution in [2.45, 2.75) is 37.4 Å². The summed E-state index contributed by atoms with van der Waals surface area (Å²) in [6.45, 7) is 2.50. The molecule has 1 atom stereocenters. The standard InChI is InChI=1S/C26H25N3O5S/c1-3-23-26(30)29(16-18-8-11-22(33-2)12-9-18)17-20-14-21(10-13-24(20)34-23)28-35(31,32)25-7-5-4-6-19(25)15-27/h4-14,23,28H,3,16-17H2,1-2H3. The molecule has 180 valence electrons. The van der Waals surface area contributed by atoms with Crippen molar-refractivity contribution in [2.75, 3.05) is 11.8 Å². The number of nitrogens with one attached hydrogen (secondary N) is 1. The maximum Gasteiger partial charge on any atom is 0.264 e. The molecule has 0 radical (unpaired) electrons. The number of anilines is 1. The number of nitriles is 1. The zero-order chi connectivity index (χ0) is 25.0. The Balaban J connectivity index is 1.63. The lowest BCUT2D eigenvalue weighted by molar-refractivity contribution is -0.139. The lowest BCUT2D eigenvalue weighted by Gasteiger charge is -2.23. The van der Waals surface area contributed by atoms with Gasteiger partial charge in [-0.3, -0.25) is 9.52 Å². The van der Waals surface area contributed by atoms with E-state index >= 15 is 0 Å². The van der Waals surface area contributed by atoms with Crippen molar-refractivity contribution in [2.24, 2.45) is 0 Å². The Morgan fingerprint density at radius 3 is 2.57 bits per heavy atom. The number of methoxy groups -OCH3 is 1. The number of hydrogen-bond donors (Lipinski definition) is 1. The van der Waals surface area contributed by atoms with E-state index in [0.29, 0.717) is 30.0 Å². The summed E-state index contributed by atoms with van der Waals surface area (Å²) >= 11 is 0. The van der Waals surface area contributed by atoms with Gasteiger partial charge in [-0.2, -0.15) is 5.26 Å². The number of rotatable bonds is 7. The lowest BCUT2D eigenvalue weighted by atomic mass is 10.1. The summed E-state index contributed by atoms with van der Waals surface area (Å²) in [5.41, 5.74) is 1.98. The first-order chi connectivity index (χ1) is 16.8. The van der Waals surface area contributed by atoms with Crippen LogP contribution in [-0.2, 0) is 27.9 Å². The highest BCUT2D eigenvalue weighted by Gasteiger charge is 2.30. The van der Waals surface area contributed by atoms with Crippen LogP contribution < -0.4 is 14.2 Å². The summed E-state index contributed by atoms with van der Waals surface area (Å²) < 4.78 is 39.7. The van der Waals surface area contributed by atoms with E-state index in [-0.39, 0.29) is 22.9 Å². The molecule has 0 bridgehead atoms. The second-order valence-corrected chi connectivity index (χ2v) is 9.74. The fraction of sp³-hybridized carbons (Fsp3) is 0.231. The first-order valence-electron chi connectivity index (χ1n) is 11.1. The largest absolute Gasteiger partial charge is 0.497 e. The van der Waals surface area contributed by atoms with Crippen LogP contribution in [0.25, 0.3) is 0 Å². The Morgan fingerprint density at radius 1 is 1.14 bits per heavy atom. The molecule has 0 fully saturated rings. The summed E-state index contributed by atoms with van der Waals surface area (Å²) in [5.74, 6) is 1.12. The minimum Gasteiger partial charge on any atom is -0.497 e. The van der Waals surface area contributed by atoms with Crippen LogP contribution in [0.5, 0.6) is 11.5 Å². The third-order valence-corrected chi connectivity index (χ3v) is 7.17. The Morgan fingerprint density at radius 2 is 1.89 bits per heavy atom. The van der Waals surface area contributed by atoms with E-state index in [4.69, 9.17) is 9.47 Å². The van der Waals surface area contributed by atoms with Crippen LogP contribution in [0.3, 0.4) is 0 Å². The minimum atomic E-state index is -3.99. The van der Waals surface area contributed by atoms with Gasteiger partial charge in [0, 0.05) is 24.3 Å². The van der Waals surface area contributed by atoms with Gasteiger partial charge in [0.1, 0.15) is 22.5 Å². The monoisotopic (exact) mass is 491 g/mol. The van der Waals surface area contributed by atoms with E-state index < -0.39 is 16.1 Å². The van der Waals surface area contributed by atoms with E-state index in [1.165, 1.54) is 12.1 Å². The summed E-state index contributed by atoms with van der Waals surface area (Å²) in [7, 11) is -2.40. The molecule has 1 amide bonds. The summed E-state index contributed by atoms with van der Waals surface area (Å²) in [6.07, 6.45) is -0.143. The molecular formula is C26H25N3O5S. The first kappa shape index (κ1) is 24.1. The molecule has 1 aliphatic rings. The number of sulfonamides is 1. The number of benzene rings is 3. The number of carbonyl (C=O) groups excluding carboxylic acids is 1. The topological polar surface area (TPSA) is 109 Å². The molecule has 9 heteroatoms. The normalized spacial score (nSPS) is 15.4. The van der Waals surface area contributed by atoms with Gasteiger partial charge in [0.05, 0.1) is 12.7 Å². The molecule has 3 aromatic carbocycles. The molecule has 1 unspecified atom stereocenters. The summed E-state index contributed by atoms with van der Waals surface area (Å²) in [4.78, 5) is 14.8. The van der Waals surface area contributed by atoms with Crippen molar-refractivity contribution < 1.29 is 22.7 Å². The Hall–Kier alpha value is -4.03. The SMILES string of the molecule is CCC1Oc2ccc(NS(=O)(=O)c3ccccc3C#N)cc2CN(Cc2ccc(OC)cc2)C1=O. The van der Waals surface area contributed by atoms with Gasteiger partial charge in [0.15, 0.2) is 6.10 Å². The smallest absolute Gasteiger partial charge is 0.264 e. The molecular weight excluding hydrogens is 466 g/mol. The van der Waals surface area contributed by atoms with Crippen LogP contribution in [0.15, 0.2) is 71.6 Å². The van der Waals surface area contributed by atoms with Crippen LogP contribution in [0.1, 0.15) is 30.0 Å². The van der Waals surface area contributed by atoms with Gasteiger partial charge in [0.2, 0.25) is 0 Å². The average molecular weight is 492 g/mol. The van der Waals surface area contributed by atoms with Gasteiger partial charge in [-0.05, 0) is 54.4 Å². The van der Waals surface area contributed by atoms with Crippen molar-refractivity contribution in [1.29, 1.82) is 5.26 Å². The third kappa shape index (κ3) is 5.23. The van der Waals surface area contributed by atoms with Gasteiger partial charge in [-0.15, -0.1) is 0 Å². The van der Waals surface area contributed by atoms with Crippen molar-refractivity contribution >= 4 is 21.6 Å². The van der Waals surface area contributed by atoms with Crippen molar-refractivity contribution in [1.82, 2.24) is 4.90 Å². The van der Waals surface area contributed by atoms with Gasteiger partial charge in [-0.1, -0.05) is 31.2 Å². The molecule has 1 heterocycles. The molecule has 3 aromatic rings. The van der Waals surface area contributed by atoms with Crippen LogP contribution in [0.2, 0.25) is 0 Å². The highest BCUT2D eigenvalue weighted by atomic mass is 32.2. The van der Waals surface area contributed by atoms with E-state index in [2.05, 4.69) is 4.72 Å². The number of fused-ring (bicyclic) bond motifs is 1. The van der Waals surface area contributed by atoms with Crippen molar-refractivity contribution in [3.63, 3.8) is 0 Å². The molecule has 8 nitrogen and oxygen atoms in total. The Kier molecular flexibility index (Phi) is 6.94. The number of nitrogens with zero attached hydrogens (tertiary/aromatic N) is 2. The van der Waals surface area contributed by atoms with Crippen LogP contribution in [0, 0.1) is 11.3 Å². The van der Waals surface area contributed by atoms with Crippen LogP contribution in [0.4, 0.5) is 5.69 Å². The molecule has 0 aromatic heterocycles. The first-order valence-corrected chi connectivity index (χ1v) is 12.6. The average Bonchev–Trinajstić information content (AvgIpc) is 3.00. The zero-order valence-corrected chi connectivity index (χ0v) is 20.2. The van der Waals surface area contributed by atoms with E-state index in [0.717, 1.165) is 11.3 Å². The number of hydrogen-bond acceptors (Lipinski definition) is 6. The summed E-state index contributed by atoms with van der Waals surface area (Å²) in [5, 5.41) is 9.29. The third-order valence-electron chi connectivity index (χ3n) is 5.73. The molecule has 4 rings (SSSR count). The maximum absolute atomic E-state index is 13.2. The number of carbonyl (C=O) groups is 1. The zero-order valence-electron chi connectivity index (χ0n) is 19.4. The van der Waals surface area contributed by atoms with Crippen molar-refractivity contribution in [3.8, 4) is 17.6 Å². The highest BCUT2D eigenvalue weighted by molar-refractivity contribution is 7.92. The second-order valence-electron chi connectivity index (χ2n) is 8.09. The van der Waals surface area contributed by atoms with Crippen LogP contribution >= 0.6 is 0 Å². The molecule has 1 N–H and O–H groups in total. The van der Waals surface area contributed by atoms with E-state index in [9.17, 15) is 18.5 Å². The highest BCUT2D eigenvalue weighted by Crippen LogP contribution is 2.31. The molecule has 1 aliphatic heterocycles. The quantitative estimate of drug-likeness (QED) is 0.534. The maximum atomic E-state index is 13.2. The van der Waals surface area contributed by atoms with Crippen LogP contribution in [-0.4, -0.2) is 32.4 Å². The number of ether oxygens (including phenoxy) is 2. The fourth-order valence-corrected chi connectivity index (χ4v) is 5.13. The predicted octanol–water partition coefficient (Wildman–Crippen LogP) is 4.07. The van der Waals surface area contributed by atoms with E-state index in [1.807, 2.05) is 37.3 Å².